The number of hydrogen-bond donors (Lipinski definition) is 1. The second-order valence-corrected chi connectivity index (χ2v) is 7.03. The summed E-state index contributed by atoms with van der Waals surface area (Å²) in [7, 11) is 3.91. The number of nitrogens with zero attached hydrogens (tertiary/aromatic N) is 2. The highest BCUT2D eigenvalue weighted by atomic mass is 16.5. The minimum atomic E-state index is -0.601. The lowest BCUT2D eigenvalue weighted by molar-refractivity contribution is 0.0283. The lowest BCUT2D eigenvalue weighted by Gasteiger charge is -2.39. The Balaban J connectivity index is 1.87. The second kappa shape index (κ2) is 7.44. The normalized spacial score (nSPS) is 17.7. The Morgan fingerprint density at radius 1 is 1.23 bits per heavy atom. The largest absolute Gasteiger partial charge is 0.389 e. The fourth-order valence-corrected chi connectivity index (χ4v) is 3.22. The second-order valence-electron chi connectivity index (χ2n) is 7.03. The molecule has 4 nitrogen and oxygen atoms in total. The average Bonchev–Trinajstić information content (AvgIpc) is 2.47. The molecule has 0 aliphatic carbocycles. The molecule has 1 aromatic rings. The van der Waals surface area contributed by atoms with Crippen molar-refractivity contribution in [3.05, 3.63) is 29.8 Å². The van der Waals surface area contributed by atoms with Gasteiger partial charge in [-0.3, -0.25) is 0 Å². The Hall–Kier alpha value is -1.10. The van der Waals surface area contributed by atoms with Crippen molar-refractivity contribution in [2.75, 3.05) is 38.7 Å². The van der Waals surface area contributed by atoms with E-state index in [1.165, 1.54) is 11.3 Å². The summed E-state index contributed by atoms with van der Waals surface area (Å²) in [4.78, 5) is 4.75. The molecule has 1 aliphatic rings. The standard InChI is InChI=1S/C18H30N2O2/c1-18(2,21)14-20-11-9-17(10-12-20)19(3)16-7-5-15(6-8-16)13-22-4/h5-8,17,21H,9-14H2,1-4H3. The predicted octanol–water partition coefficient (Wildman–Crippen LogP) is 2.50. The first-order valence-corrected chi connectivity index (χ1v) is 8.14. The Morgan fingerprint density at radius 2 is 1.82 bits per heavy atom. The van der Waals surface area contributed by atoms with Crippen molar-refractivity contribution in [2.45, 2.75) is 44.9 Å². The van der Waals surface area contributed by atoms with Crippen LogP contribution in [0.2, 0.25) is 0 Å². The van der Waals surface area contributed by atoms with Crippen LogP contribution in [0.3, 0.4) is 0 Å². The van der Waals surface area contributed by atoms with Crippen LogP contribution in [-0.2, 0) is 11.3 Å². The van der Waals surface area contributed by atoms with Crippen LogP contribution >= 0.6 is 0 Å². The number of rotatable bonds is 6. The van der Waals surface area contributed by atoms with E-state index in [-0.39, 0.29) is 0 Å². The van der Waals surface area contributed by atoms with Crippen LogP contribution in [-0.4, -0.2) is 55.4 Å². The Bertz CT molecular complexity index is 445. The van der Waals surface area contributed by atoms with E-state index in [9.17, 15) is 5.11 Å². The molecule has 1 aromatic carbocycles. The SMILES string of the molecule is COCc1ccc(N(C)C2CCN(CC(C)(C)O)CC2)cc1. The van der Waals surface area contributed by atoms with E-state index in [1.54, 1.807) is 7.11 Å². The highest BCUT2D eigenvalue weighted by Gasteiger charge is 2.26. The van der Waals surface area contributed by atoms with Gasteiger partial charge in [-0.15, -0.1) is 0 Å². The molecule has 22 heavy (non-hydrogen) atoms. The molecule has 0 atom stereocenters. The minimum absolute atomic E-state index is 0.575. The number of benzene rings is 1. The van der Waals surface area contributed by atoms with Crippen molar-refractivity contribution >= 4 is 5.69 Å². The number of piperidine rings is 1. The summed E-state index contributed by atoms with van der Waals surface area (Å²) in [5, 5.41) is 9.93. The van der Waals surface area contributed by atoms with Gasteiger partial charge in [-0.2, -0.15) is 0 Å². The first-order valence-electron chi connectivity index (χ1n) is 8.14. The van der Waals surface area contributed by atoms with Gasteiger partial charge in [-0.25, -0.2) is 0 Å². The Morgan fingerprint density at radius 3 is 2.32 bits per heavy atom. The summed E-state index contributed by atoms with van der Waals surface area (Å²) in [6.07, 6.45) is 2.29. The van der Waals surface area contributed by atoms with Gasteiger partial charge in [0.05, 0.1) is 12.2 Å². The van der Waals surface area contributed by atoms with Gasteiger partial charge in [0.15, 0.2) is 0 Å². The summed E-state index contributed by atoms with van der Waals surface area (Å²) >= 11 is 0. The molecule has 0 radical (unpaired) electrons. The zero-order valence-electron chi connectivity index (χ0n) is 14.4. The lowest BCUT2D eigenvalue weighted by Crippen LogP contribution is -2.47. The van der Waals surface area contributed by atoms with Gasteiger partial charge >= 0.3 is 0 Å². The quantitative estimate of drug-likeness (QED) is 0.876. The van der Waals surface area contributed by atoms with Crippen LogP contribution in [0.1, 0.15) is 32.3 Å². The number of hydrogen-bond acceptors (Lipinski definition) is 4. The van der Waals surface area contributed by atoms with E-state index in [4.69, 9.17) is 4.74 Å². The van der Waals surface area contributed by atoms with Crippen molar-refractivity contribution in [3.63, 3.8) is 0 Å². The van der Waals surface area contributed by atoms with Gasteiger partial charge in [-0.05, 0) is 44.4 Å². The van der Waals surface area contributed by atoms with Gasteiger partial charge in [0, 0.05) is 45.5 Å². The molecule has 0 bridgehead atoms. The van der Waals surface area contributed by atoms with Crippen LogP contribution in [0.4, 0.5) is 5.69 Å². The lowest BCUT2D eigenvalue weighted by atomic mass is 10.0. The molecule has 124 valence electrons. The molecule has 1 heterocycles. The molecule has 1 fully saturated rings. The van der Waals surface area contributed by atoms with Crippen LogP contribution in [0, 0.1) is 0 Å². The van der Waals surface area contributed by atoms with E-state index in [0.29, 0.717) is 12.6 Å². The summed E-state index contributed by atoms with van der Waals surface area (Å²) in [5.74, 6) is 0. The maximum absolute atomic E-state index is 9.93. The molecule has 0 aromatic heterocycles. The molecule has 0 unspecified atom stereocenters. The van der Waals surface area contributed by atoms with Gasteiger partial charge in [0.2, 0.25) is 0 Å². The highest BCUT2D eigenvalue weighted by Crippen LogP contribution is 2.23. The molecule has 1 saturated heterocycles. The Labute approximate surface area is 134 Å². The molecule has 0 amide bonds. The average molecular weight is 306 g/mol. The zero-order chi connectivity index (χ0) is 16.2. The number of likely N-dealkylation sites (tertiary alicyclic amines) is 1. The molecule has 2 rings (SSSR count). The van der Waals surface area contributed by atoms with E-state index >= 15 is 0 Å². The maximum atomic E-state index is 9.93. The monoisotopic (exact) mass is 306 g/mol. The van der Waals surface area contributed by atoms with Crippen molar-refractivity contribution in [3.8, 4) is 0 Å². The first kappa shape index (κ1) is 17.3. The number of anilines is 1. The molecular formula is C18H30N2O2. The van der Waals surface area contributed by atoms with Gasteiger partial charge in [-0.1, -0.05) is 12.1 Å². The van der Waals surface area contributed by atoms with Crippen LogP contribution in [0.25, 0.3) is 0 Å². The molecule has 0 saturated carbocycles. The van der Waals surface area contributed by atoms with Crippen molar-refractivity contribution in [2.24, 2.45) is 0 Å². The third kappa shape index (κ3) is 4.97. The number of methoxy groups -OCH3 is 1. The van der Waals surface area contributed by atoms with Gasteiger partial charge in [0.1, 0.15) is 0 Å². The van der Waals surface area contributed by atoms with E-state index in [1.807, 2.05) is 13.8 Å². The molecular weight excluding hydrogens is 276 g/mol. The third-order valence-corrected chi connectivity index (χ3v) is 4.37. The summed E-state index contributed by atoms with van der Waals surface area (Å²) in [6.45, 7) is 7.30. The summed E-state index contributed by atoms with van der Waals surface area (Å²) in [6, 6.07) is 9.21. The number of aliphatic hydroxyl groups is 1. The van der Waals surface area contributed by atoms with Crippen molar-refractivity contribution < 1.29 is 9.84 Å². The topological polar surface area (TPSA) is 35.9 Å². The van der Waals surface area contributed by atoms with Gasteiger partial charge < -0.3 is 19.6 Å². The van der Waals surface area contributed by atoms with Crippen LogP contribution in [0.5, 0.6) is 0 Å². The minimum Gasteiger partial charge on any atom is -0.389 e. The summed E-state index contributed by atoms with van der Waals surface area (Å²) < 4.78 is 5.16. The third-order valence-electron chi connectivity index (χ3n) is 4.37. The van der Waals surface area contributed by atoms with Crippen molar-refractivity contribution in [1.29, 1.82) is 0 Å². The molecule has 0 spiro atoms. The molecule has 1 N–H and O–H groups in total. The fraction of sp³-hybridized carbons (Fsp3) is 0.667. The van der Waals surface area contributed by atoms with E-state index in [2.05, 4.69) is 41.1 Å². The first-order chi connectivity index (χ1) is 10.4. The highest BCUT2D eigenvalue weighted by molar-refractivity contribution is 5.47. The number of β-amino-alcohol motifs (C(OH)–C–C–N with tert-alkyl or cyclic N) is 1. The van der Waals surface area contributed by atoms with Gasteiger partial charge in [0.25, 0.3) is 0 Å². The molecule has 1 aliphatic heterocycles. The Kier molecular flexibility index (Phi) is 5.84. The number of ether oxygens (including phenoxy) is 1. The smallest absolute Gasteiger partial charge is 0.0718 e. The zero-order valence-corrected chi connectivity index (χ0v) is 14.4. The van der Waals surface area contributed by atoms with E-state index < -0.39 is 5.60 Å². The summed E-state index contributed by atoms with van der Waals surface area (Å²) in [5.41, 5.74) is 1.87. The maximum Gasteiger partial charge on any atom is 0.0718 e. The van der Waals surface area contributed by atoms with Crippen molar-refractivity contribution in [1.82, 2.24) is 4.90 Å². The van der Waals surface area contributed by atoms with Crippen LogP contribution in [0.15, 0.2) is 24.3 Å². The fourth-order valence-electron chi connectivity index (χ4n) is 3.22. The van der Waals surface area contributed by atoms with E-state index in [0.717, 1.165) is 32.5 Å². The molecule has 4 heteroatoms. The predicted molar refractivity (Wildman–Crippen MR) is 91.3 cm³/mol. The van der Waals surface area contributed by atoms with Crippen LogP contribution < -0.4 is 4.90 Å².